The molecule has 0 N–H and O–H groups in total. The van der Waals surface area contributed by atoms with E-state index in [1.807, 2.05) is 0 Å². The van der Waals surface area contributed by atoms with Crippen LogP contribution in [-0.2, 0) is 17.9 Å². The van der Waals surface area contributed by atoms with Gasteiger partial charge in [-0.1, -0.05) is 152 Å². The molecule has 0 bridgehead atoms. The topological polar surface area (TPSA) is 9.23 Å². The summed E-state index contributed by atoms with van der Waals surface area (Å²) in [6.07, 6.45) is 19.7. The van der Waals surface area contributed by atoms with Gasteiger partial charge in [-0.15, -0.1) is 0 Å². The highest BCUT2D eigenvalue weighted by atomic mass is 35.5. The van der Waals surface area contributed by atoms with Gasteiger partial charge in [0, 0.05) is 11.1 Å². The Balaban J connectivity index is 0. The van der Waals surface area contributed by atoms with Crippen molar-refractivity contribution in [2.75, 3.05) is 32.7 Å². The molecule has 0 aliphatic heterocycles. The average Bonchev–Trinajstić information content (AvgIpc) is 3.06. The zero-order valence-electron chi connectivity index (χ0n) is 31.3. The second kappa shape index (κ2) is 30.0. The fourth-order valence-electron chi connectivity index (χ4n) is 6.54. The van der Waals surface area contributed by atoms with Gasteiger partial charge in [0.15, 0.2) is 0 Å². The minimum Gasteiger partial charge on any atom is -1.00 e. The van der Waals surface area contributed by atoms with Crippen LogP contribution in [-0.4, -0.2) is 48.0 Å². The van der Waals surface area contributed by atoms with E-state index in [9.17, 15) is 0 Å². The third-order valence-corrected chi connectivity index (χ3v) is 9.73. The minimum atomic E-state index is 0. The molecule has 0 aliphatic rings. The third kappa shape index (κ3) is 21.0. The van der Waals surface area contributed by atoms with Gasteiger partial charge in [-0.2, -0.15) is 9.48 Å². The Morgan fingerprint density at radius 2 is 0.913 bits per heavy atom. The number of quaternary nitrogens is 2. The third-order valence-electron chi connectivity index (χ3n) is 9.73. The first kappa shape index (κ1) is 47.0. The summed E-state index contributed by atoms with van der Waals surface area (Å²) in [6, 6.07) is 21.7. The van der Waals surface area contributed by atoms with Crippen LogP contribution in [0, 0.1) is 0 Å². The van der Waals surface area contributed by atoms with E-state index in [0.717, 1.165) is 24.3 Å². The molecule has 2 aromatic carbocycles. The molecule has 0 amide bonds. The van der Waals surface area contributed by atoms with E-state index in [1.54, 1.807) is 0 Å². The first-order chi connectivity index (χ1) is 21.4. The van der Waals surface area contributed by atoms with Gasteiger partial charge in [-0.3, -0.25) is 0 Å². The molecule has 0 aliphatic carbocycles. The van der Waals surface area contributed by atoms with Crippen LogP contribution in [0.15, 0.2) is 60.7 Å². The lowest BCUT2D eigenvalue weighted by Gasteiger charge is -2.36. The van der Waals surface area contributed by atoms with Gasteiger partial charge in [0.05, 0.1) is 19.6 Å². The lowest BCUT2D eigenvalue weighted by molar-refractivity contribution is -1.12. The smallest absolute Gasteiger partial charge is 0.134 e. The molecule has 2 rings (SSSR count). The SMILES string of the molecule is CCCCCCCCCCCCCCC(C)O[N+](CC)(CC)Cc1ccccc1.CCC[N+](CC)(CC)Cc1ccccc1.[Cl-].[Cl-]. The van der Waals surface area contributed by atoms with Crippen LogP contribution in [0.4, 0.5) is 0 Å². The van der Waals surface area contributed by atoms with Gasteiger partial charge in [-0.25, -0.2) is 0 Å². The molecule has 0 heterocycles. The Morgan fingerprint density at radius 3 is 1.30 bits per heavy atom. The zero-order valence-corrected chi connectivity index (χ0v) is 32.8. The largest absolute Gasteiger partial charge is 1.00 e. The molecule has 0 radical (unpaired) electrons. The number of nitrogens with zero attached hydrogens (tertiary/aromatic N) is 2. The molecular formula is C41H74Cl2N2O. The van der Waals surface area contributed by atoms with Gasteiger partial charge in [-0.05, 0) is 47.5 Å². The van der Waals surface area contributed by atoms with Crippen LogP contribution in [0.1, 0.15) is 149 Å². The predicted molar refractivity (Wildman–Crippen MR) is 194 cm³/mol. The minimum absolute atomic E-state index is 0. The molecule has 5 heteroatoms. The molecule has 1 unspecified atom stereocenters. The van der Waals surface area contributed by atoms with Gasteiger partial charge in [0.1, 0.15) is 32.3 Å². The first-order valence-electron chi connectivity index (χ1n) is 18.9. The van der Waals surface area contributed by atoms with Gasteiger partial charge < -0.3 is 29.3 Å². The number of halogens is 2. The molecule has 0 aromatic heterocycles. The summed E-state index contributed by atoms with van der Waals surface area (Å²) in [5.74, 6) is 0. The van der Waals surface area contributed by atoms with E-state index < -0.39 is 0 Å². The second-order valence-electron chi connectivity index (χ2n) is 13.3. The standard InChI is InChI=1S/C27H50NO.C14H24N.2ClH/c1-5-8-9-10-11-12-13-14-15-16-17-19-22-26(4)29-28(6-2,7-3)25-27-23-20-18-21-24-27;1-4-12-15(5-2,6-3)13-14-10-8-7-9-11-14;;/h18,20-21,23-24,26H,5-17,19,22,25H2,1-4H3;7-11H,4-6,12-13H2,1-3H3;2*1H/q2*+1;;/p-2. The number of hydrogen-bond donors (Lipinski definition) is 0. The molecule has 0 saturated carbocycles. The molecule has 268 valence electrons. The summed E-state index contributed by atoms with van der Waals surface area (Å²) in [4.78, 5) is 6.58. The Bertz CT molecular complexity index is 888. The highest BCUT2D eigenvalue weighted by Crippen LogP contribution is 2.21. The molecule has 0 fully saturated rings. The summed E-state index contributed by atoms with van der Waals surface area (Å²) < 4.78 is 1.96. The summed E-state index contributed by atoms with van der Waals surface area (Å²) in [6.45, 7) is 23.9. The zero-order chi connectivity index (χ0) is 32.4. The van der Waals surface area contributed by atoms with Crippen LogP contribution in [0.25, 0.3) is 0 Å². The number of unbranched alkanes of at least 4 members (excludes halogenated alkanes) is 11. The molecule has 2 aromatic rings. The van der Waals surface area contributed by atoms with Crippen molar-refractivity contribution in [3.05, 3.63) is 71.8 Å². The molecule has 46 heavy (non-hydrogen) atoms. The van der Waals surface area contributed by atoms with Crippen molar-refractivity contribution in [1.29, 1.82) is 0 Å². The van der Waals surface area contributed by atoms with Gasteiger partial charge in [0.2, 0.25) is 0 Å². The lowest BCUT2D eigenvalue weighted by atomic mass is 10.0. The van der Waals surface area contributed by atoms with Crippen LogP contribution >= 0.6 is 0 Å². The van der Waals surface area contributed by atoms with Crippen molar-refractivity contribution in [1.82, 2.24) is 0 Å². The van der Waals surface area contributed by atoms with Crippen LogP contribution < -0.4 is 24.8 Å². The number of hydrogen-bond acceptors (Lipinski definition) is 1. The first-order valence-corrected chi connectivity index (χ1v) is 18.9. The molecular weight excluding hydrogens is 607 g/mol. The van der Waals surface area contributed by atoms with Crippen molar-refractivity contribution >= 4 is 0 Å². The van der Waals surface area contributed by atoms with E-state index in [0.29, 0.717) is 6.10 Å². The number of benzene rings is 2. The Morgan fingerprint density at radius 1 is 0.500 bits per heavy atom. The second-order valence-corrected chi connectivity index (χ2v) is 13.3. The van der Waals surface area contributed by atoms with Crippen molar-refractivity contribution in [3.63, 3.8) is 0 Å². The normalized spacial score (nSPS) is 12.0. The fraction of sp³-hybridized carbons (Fsp3) is 0.707. The quantitative estimate of drug-likeness (QED) is 0.0720. The molecule has 0 saturated heterocycles. The van der Waals surface area contributed by atoms with Crippen molar-refractivity contribution in [2.24, 2.45) is 0 Å². The van der Waals surface area contributed by atoms with E-state index in [-0.39, 0.29) is 24.8 Å². The average molecular weight is 682 g/mol. The molecule has 3 nitrogen and oxygen atoms in total. The Kier molecular flexibility index (Phi) is 30.7. The summed E-state index contributed by atoms with van der Waals surface area (Å²) in [7, 11) is 0. The number of hydroxylamine groups is 3. The number of rotatable bonds is 25. The highest BCUT2D eigenvalue weighted by Gasteiger charge is 2.28. The summed E-state index contributed by atoms with van der Waals surface area (Å²) >= 11 is 0. The maximum atomic E-state index is 6.58. The molecule has 0 spiro atoms. The molecule has 1 atom stereocenters. The summed E-state index contributed by atoms with van der Waals surface area (Å²) in [5, 5.41) is 0. The van der Waals surface area contributed by atoms with Crippen LogP contribution in [0.3, 0.4) is 0 Å². The predicted octanol–water partition coefficient (Wildman–Crippen LogP) is 5.92. The van der Waals surface area contributed by atoms with Crippen molar-refractivity contribution < 1.29 is 38.8 Å². The van der Waals surface area contributed by atoms with Gasteiger partial charge in [0.25, 0.3) is 0 Å². The highest BCUT2D eigenvalue weighted by molar-refractivity contribution is 5.14. The van der Waals surface area contributed by atoms with Crippen LogP contribution in [0.2, 0.25) is 0 Å². The fourth-order valence-corrected chi connectivity index (χ4v) is 6.54. The Labute approximate surface area is 299 Å². The summed E-state index contributed by atoms with van der Waals surface area (Å²) in [5.41, 5.74) is 2.84. The van der Waals surface area contributed by atoms with E-state index in [2.05, 4.69) is 109 Å². The van der Waals surface area contributed by atoms with Crippen molar-refractivity contribution in [2.45, 2.75) is 158 Å². The van der Waals surface area contributed by atoms with Crippen LogP contribution in [0.5, 0.6) is 0 Å². The van der Waals surface area contributed by atoms with E-state index in [4.69, 9.17) is 4.84 Å². The van der Waals surface area contributed by atoms with E-state index in [1.165, 1.54) is 132 Å². The maximum Gasteiger partial charge on any atom is 0.134 e. The maximum absolute atomic E-state index is 6.58. The monoisotopic (exact) mass is 681 g/mol. The Hall–Kier alpha value is -1.10. The van der Waals surface area contributed by atoms with Gasteiger partial charge >= 0.3 is 0 Å². The van der Waals surface area contributed by atoms with Crippen molar-refractivity contribution in [3.8, 4) is 0 Å². The van der Waals surface area contributed by atoms with E-state index >= 15 is 0 Å². The lowest BCUT2D eigenvalue weighted by Crippen LogP contribution is -3.00.